The van der Waals surface area contributed by atoms with E-state index >= 15 is 0 Å². The van der Waals surface area contributed by atoms with Gasteiger partial charge in [0.2, 0.25) is 0 Å². The summed E-state index contributed by atoms with van der Waals surface area (Å²) in [7, 11) is 1.24. The minimum Gasteiger partial charge on any atom is -0.336 e. The predicted molar refractivity (Wildman–Crippen MR) is 88.7 cm³/mol. The molecule has 5 atom stereocenters. The Hall–Kier alpha value is 0.695. The molecule has 1 heterocycles. The quantitative estimate of drug-likeness (QED) is 0.552. The van der Waals surface area contributed by atoms with E-state index in [1.165, 1.54) is 0 Å². The van der Waals surface area contributed by atoms with Crippen LogP contribution in [0.4, 0.5) is 4.39 Å². The highest BCUT2D eigenvalue weighted by molar-refractivity contribution is 8.02. The molecule has 0 N–H and O–H groups in total. The smallest absolute Gasteiger partial charge is 0.132 e. The summed E-state index contributed by atoms with van der Waals surface area (Å²) in [4.78, 5) is 0. The van der Waals surface area contributed by atoms with Gasteiger partial charge in [0.15, 0.2) is 0 Å². The van der Waals surface area contributed by atoms with Gasteiger partial charge in [0.05, 0.1) is 0 Å². The lowest BCUT2D eigenvalue weighted by Gasteiger charge is -2.37. The van der Waals surface area contributed by atoms with Gasteiger partial charge in [0.25, 0.3) is 0 Å². The summed E-state index contributed by atoms with van der Waals surface area (Å²) in [5, 5.41) is 0.362. The molecule has 0 spiro atoms. The van der Waals surface area contributed by atoms with Gasteiger partial charge in [0.1, 0.15) is 28.4 Å². The third-order valence-electron chi connectivity index (χ3n) is 3.58. The van der Waals surface area contributed by atoms with Gasteiger partial charge in [-0.2, -0.15) is 11.8 Å². The zero-order chi connectivity index (χ0) is 14.7. The monoisotopic (exact) mass is 307 g/mol. The average Bonchev–Trinajstić information content (AvgIpc) is 2.55. The fraction of sp³-hybridized carbons (Fsp3) is 1.00. The molecule has 0 aromatic carbocycles. The first-order valence-electron chi connectivity index (χ1n) is 7.27. The van der Waals surface area contributed by atoms with E-state index in [0.29, 0.717) is 17.3 Å². The number of alkyl halides is 1. The molecule has 0 radical (unpaired) electrons. The van der Waals surface area contributed by atoms with Gasteiger partial charge in [-0.25, -0.2) is 4.39 Å². The lowest BCUT2D eigenvalue weighted by molar-refractivity contribution is 0.114. The van der Waals surface area contributed by atoms with E-state index in [1.54, 1.807) is 11.8 Å². The summed E-state index contributed by atoms with van der Waals surface area (Å²) in [5.41, 5.74) is 0. The third-order valence-corrected chi connectivity index (χ3v) is 7.34. The molecule has 0 saturated carbocycles. The molecular weight excluding hydrogens is 279 g/mol. The molecule has 0 aromatic heterocycles. The minimum absolute atomic E-state index is 0.0601. The molecular formula is C13H28BFNOPS. The number of thioether (sulfide) groups is 1. The van der Waals surface area contributed by atoms with E-state index in [9.17, 15) is 4.39 Å². The van der Waals surface area contributed by atoms with Crippen LogP contribution in [0.2, 0.25) is 0 Å². The molecule has 6 heteroatoms. The van der Waals surface area contributed by atoms with Crippen LogP contribution >= 0.6 is 20.1 Å². The van der Waals surface area contributed by atoms with Gasteiger partial charge in [0, 0.05) is 22.5 Å². The molecule has 1 rings (SSSR count). The summed E-state index contributed by atoms with van der Waals surface area (Å²) >= 11 is 1.74. The van der Waals surface area contributed by atoms with Crippen LogP contribution in [0, 0.1) is 0 Å². The van der Waals surface area contributed by atoms with Gasteiger partial charge in [-0.1, -0.05) is 6.92 Å². The fourth-order valence-electron chi connectivity index (χ4n) is 2.83. The molecule has 1 saturated heterocycles. The maximum atomic E-state index is 14.3. The zero-order valence-electron chi connectivity index (χ0n) is 13.3. The Kier molecular flexibility index (Phi) is 7.13. The van der Waals surface area contributed by atoms with Crippen LogP contribution in [-0.2, 0) is 4.52 Å². The van der Waals surface area contributed by atoms with Crippen molar-refractivity contribution in [1.82, 2.24) is 4.67 Å². The first kappa shape index (κ1) is 17.7. The Morgan fingerprint density at radius 1 is 1.32 bits per heavy atom. The lowest BCUT2D eigenvalue weighted by Crippen LogP contribution is -2.37. The zero-order valence-corrected chi connectivity index (χ0v) is 15.0. The van der Waals surface area contributed by atoms with E-state index < -0.39 is 14.5 Å². The summed E-state index contributed by atoms with van der Waals surface area (Å²) in [6.45, 7) is 13.0. The van der Waals surface area contributed by atoms with E-state index in [4.69, 9.17) is 4.52 Å². The van der Waals surface area contributed by atoms with E-state index in [1.807, 2.05) is 7.85 Å². The molecule has 1 unspecified atom stereocenters. The molecule has 1 aliphatic rings. The van der Waals surface area contributed by atoms with Gasteiger partial charge < -0.3 is 4.52 Å². The first-order valence-corrected chi connectivity index (χ1v) is 9.88. The molecule has 0 aliphatic carbocycles. The van der Waals surface area contributed by atoms with Crippen molar-refractivity contribution in [3.05, 3.63) is 0 Å². The van der Waals surface area contributed by atoms with Crippen LogP contribution in [0.1, 0.15) is 41.0 Å². The van der Waals surface area contributed by atoms with Crippen molar-refractivity contribution in [2.75, 3.05) is 6.66 Å². The Morgan fingerprint density at radius 3 is 2.26 bits per heavy atom. The Labute approximate surface area is 124 Å². The molecule has 112 valence electrons. The van der Waals surface area contributed by atoms with E-state index in [2.05, 4.69) is 46.0 Å². The molecule has 0 bridgehead atoms. The Morgan fingerprint density at radius 2 is 1.84 bits per heavy atom. The van der Waals surface area contributed by atoms with Crippen LogP contribution < -0.4 is 0 Å². The summed E-state index contributed by atoms with van der Waals surface area (Å²) in [6.07, 6.45) is -0.0886. The Balaban J connectivity index is 2.71. The lowest BCUT2D eigenvalue weighted by atomic mass is 9.95. The number of halogens is 1. The maximum Gasteiger partial charge on any atom is 0.132 e. The number of nitrogens with zero attached hydrogens (tertiary/aromatic N) is 1. The average molecular weight is 307 g/mol. The third kappa shape index (κ3) is 4.33. The van der Waals surface area contributed by atoms with E-state index in [-0.39, 0.29) is 11.3 Å². The highest BCUT2D eigenvalue weighted by Crippen LogP contribution is 2.48. The standard InChI is InChI=1S/C13H28BFNOPS/c1-7-10-12(11(15)13(14)19-10)17-18(6)16(8(2)3)9(4)5/h8-13H,7,14H2,1-6H3/t10-,11+,12-,13-,18?/m1/s1. The Bertz CT molecular complexity index is 277. The van der Waals surface area contributed by atoms with Crippen molar-refractivity contribution in [3.8, 4) is 0 Å². The van der Waals surface area contributed by atoms with Crippen LogP contribution in [-0.4, -0.2) is 53.9 Å². The van der Waals surface area contributed by atoms with E-state index in [0.717, 1.165) is 6.42 Å². The van der Waals surface area contributed by atoms with Gasteiger partial charge in [-0.3, -0.25) is 4.67 Å². The van der Waals surface area contributed by atoms with Crippen molar-refractivity contribution in [2.24, 2.45) is 0 Å². The number of hydrogen-bond acceptors (Lipinski definition) is 3. The molecule has 19 heavy (non-hydrogen) atoms. The minimum atomic E-state index is -0.832. The van der Waals surface area contributed by atoms with Gasteiger partial charge in [-0.15, -0.1) is 0 Å². The maximum absolute atomic E-state index is 14.3. The van der Waals surface area contributed by atoms with Crippen LogP contribution in [0.25, 0.3) is 0 Å². The fourth-order valence-corrected chi connectivity index (χ4v) is 6.35. The summed E-state index contributed by atoms with van der Waals surface area (Å²) in [6, 6.07) is 0.862. The van der Waals surface area contributed by atoms with Crippen molar-refractivity contribution in [3.63, 3.8) is 0 Å². The van der Waals surface area contributed by atoms with Crippen LogP contribution in [0.3, 0.4) is 0 Å². The van der Waals surface area contributed by atoms with Crippen LogP contribution in [0.15, 0.2) is 0 Å². The topological polar surface area (TPSA) is 12.5 Å². The number of hydrogen-bond donors (Lipinski definition) is 0. The van der Waals surface area contributed by atoms with Crippen molar-refractivity contribution >= 4 is 27.9 Å². The van der Waals surface area contributed by atoms with Crippen molar-refractivity contribution in [2.45, 2.75) is 75.8 Å². The normalized spacial score (nSPS) is 33.6. The molecule has 1 fully saturated rings. The molecule has 1 aliphatic heterocycles. The predicted octanol–water partition coefficient (Wildman–Crippen LogP) is 3.25. The van der Waals surface area contributed by atoms with Crippen molar-refractivity contribution in [1.29, 1.82) is 0 Å². The highest BCUT2D eigenvalue weighted by atomic mass is 32.2. The second kappa shape index (κ2) is 7.63. The summed E-state index contributed by atoms with van der Waals surface area (Å²) in [5.74, 6) is 0. The van der Waals surface area contributed by atoms with Gasteiger partial charge in [-0.05, 0) is 40.8 Å². The molecule has 2 nitrogen and oxygen atoms in total. The largest absolute Gasteiger partial charge is 0.336 e. The van der Waals surface area contributed by atoms with Crippen molar-refractivity contribution < 1.29 is 8.91 Å². The second-order valence-corrected chi connectivity index (χ2v) is 9.06. The molecule has 0 amide bonds. The highest BCUT2D eigenvalue weighted by Gasteiger charge is 2.43. The summed E-state index contributed by atoms with van der Waals surface area (Å²) < 4.78 is 22.8. The molecule has 0 aromatic rings. The SMILES string of the molecule is B[C@@H]1S[C@H](CC)[C@@H](OP(C)N(C(C)C)C(C)C)[C@@H]1F. The van der Waals surface area contributed by atoms with Crippen LogP contribution in [0.5, 0.6) is 0 Å². The first-order chi connectivity index (χ1) is 8.79. The second-order valence-electron chi connectivity index (χ2n) is 5.83. The number of rotatable bonds is 6. The van der Waals surface area contributed by atoms with Gasteiger partial charge >= 0.3 is 0 Å².